The lowest BCUT2D eigenvalue weighted by molar-refractivity contribution is 0.0201. The van der Waals surface area contributed by atoms with Crippen LogP contribution in [0.25, 0.3) is 0 Å². The molecule has 0 atom stereocenters. The van der Waals surface area contributed by atoms with Gasteiger partial charge in [0.15, 0.2) is 0 Å². The maximum Gasteiger partial charge on any atom is 0.410 e. The van der Waals surface area contributed by atoms with Crippen LogP contribution < -0.4 is 0 Å². The second-order valence-corrected chi connectivity index (χ2v) is 6.50. The lowest BCUT2D eigenvalue weighted by Crippen LogP contribution is -2.39. The summed E-state index contributed by atoms with van der Waals surface area (Å²) in [5, 5.41) is 8.96. The van der Waals surface area contributed by atoms with Gasteiger partial charge >= 0.3 is 6.09 Å². The normalized spacial score (nSPS) is 12.4. The van der Waals surface area contributed by atoms with Gasteiger partial charge in [-0.05, 0) is 32.6 Å². The predicted molar refractivity (Wildman–Crippen MR) is 69.0 cm³/mol. The predicted octanol–water partition coefficient (Wildman–Crippen LogP) is 2.65. The van der Waals surface area contributed by atoms with Crippen molar-refractivity contribution in [2.24, 2.45) is 5.41 Å². The van der Waals surface area contributed by atoms with Gasteiger partial charge < -0.3 is 14.7 Å². The first-order valence-corrected chi connectivity index (χ1v) is 6.14. The van der Waals surface area contributed by atoms with Gasteiger partial charge in [0.05, 0.1) is 6.61 Å². The molecule has 0 aromatic carbocycles. The second-order valence-electron chi connectivity index (χ2n) is 6.50. The molecule has 1 amide bonds. The molecule has 0 bridgehead atoms. The Kier molecular flexibility index (Phi) is 5.96. The fraction of sp³-hybridized carbons (Fsp3) is 0.923. The van der Waals surface area contributed by atoms with Crippen LogP contribution in [0.4, 0.5) is 4.79 Å². The quantitative estimate of drug-likeness (QED) is 0.828. The lowest BCUT2D eigenvalue weighted by atomic mass is 9.92. The van der Waals surface area contributed by atoms with E-state index in [2.05, 4.69) is 20.8 Å². The highest BCUT2D eigenvalue weighted by Gasteiger charge is 2.23. The largest absolute Gasteiger partial charge is 0.444 e. The first-order chi connectivity index (χ1) is 7.55. The summed E-state index contributed by atoms with van der Waals surface area (Å²) in [6.07, 6.45) is 0.530. The first-order valence-electron chi connectivity index (χ1n) is 6.14. The van der Waals surface area contributed by atoms with Gasteiger partial charge in [0.2, 0.25) is 0 Å². The van der Waals surface area contributed by atoms with Crippen molar-refractivity contribution in [2.45, 2.75) is 53.6 Å². The molecule has 0 spiro atoms. The fourth-order valence-corrected chi connectivity index (χ4v) is 1.21. The van der Waals surface area contributed by atoms with Crippen molar-refractivity contribution < 1.29 is 14.6 Å². The molecule has 4 heteroatoms. The Morgan fingerprint density at radius 1 is 1.12 bits per heavy atom. The summed E-state index contributed by atoms with van der Waals surface area (Å²) in [4.78, 5) is 13.4. The average molecular weight is 245 g/mol. The standard InChI is InChI=1S/C13H27NO3/c1-12(2,3)7-8-14(9-10-15)11(16)17-13(4,5)6/h15H,7-10H2,1-6H3. The van der Waals surface area contributed by atoms with Gasteiger partial charge in [-0.25, -0.2) is 4.79 Å². The van der Waals surface area contributed by atoms with Gasteiger partial charge in [0, 0.05) is 13.1 Å². The van der Waals surface area contributed by atoms with Gasteiger partial charge in [0.1, 0.15) is 5.60 Å². The van der Waals surface area contributed by atoms with Gasteiger partial charge in [-0.3, -0.25) is 0 Å². The second kappa shape index (κ2) is 6.24. The van der Waals surface area contributed by atoms with Crippen LogP contribution in [0.15, 0.2) is 0 Å². The highest BCUT2D eigenvalue weighted by atomic mass is 16.6. The molecule has 0 radical (unpaired) electrons. The summed E-state index contributed by atoms with van der Waals surface area (Å²) < 4.78 is 5.29. The van der Waals surface area contributed by atoms with Crippen molar-refractivity contribution in [3.8, 4) is 0 Å². The first kappa shape index (κ1) is 16.2. The molecular formula is C13H27NO3. The Hall–Kier alpha value is -0.770. The molecule has 0 heterocycles. The number of hydrogen-bond donors (Lipinski definition) is 1. The molecule has 0 saturated heterocycles. The van der Waals surface area contributed by atoms with Crippen LogP contribution in [0.3, 0.4) is 0 Å². The zero-order valence-electron chi connectivity index (χ0n) is 12.0. The van der Waals surface area contributed by atoms with Crippen molar-refractivity contribution in [1.82, 2.24) is 4.90 Å². The molecule has 0 aliphatic heterocycles. The van der Waals surface area contributed by atoms with E-state index in [1.807, 2.05) is 20.8 Å². The third-order valence-corrected chi connectivity index (χ3v) is 2.15. The van der Waals surface area contributed by atoms with Crippen molar-refractivity contribution >= 4 is 6.09 Å². The molecule has 17 heavy (non-hydrogen) atoms. The summed E-state index contributed by atoms with van der Waals surface area (Å²) in [5.74, 6) is 0. The number of carbonyl (C=O) groups excluding carboxylic acids is 1. The SMILES string of the molecule is CC(C)(C)CCN(CCO)C(=O)OC(C)(C)C. The molecule has 4 nitrogen and oxygen atoms in total. The minimum Gasteiger partial charge on any atom is -0.444 e. The average Bonchev–Trinajstić information content (AvgIpc) is 2.07. The minimum atomic E-state index is -0.494. The summed E-state index contributed by atoms with van der Waals surface area (Å²) in [5.41, 5.74) is -0.331. The third kappa shape index (κ3) is 8.98. The van der Waals surface area contributed by atoms with Gasteiger partial charge in [0.25, 0.3) is 0 Å². The number of amides is 1. The summed E-state index contributed by atoms with van der Waals surface area (Å²) in [7, 11) is 0. The van der Waals surface area contributed by atoms with E-state index in [0.29, 0.717) is 13.1 Å². The minimum absolute atomic E-state index is 0.0383. The Morgan fingerprint density at radius 2 is 1.65 bits per heavy atom. The zero-order chi connectivity index (χ0) is 13.7. The number of aliphatic hydroxyl groups is 1. The number of rotatable bonds is 4. The number of aliphatic hydroxyl groups excluding tert-OH is 1. The van der Waals surface area contributed by atoms with E-state index in [1.54, 1.807) is 4.90 Å². The van der Waals surface area contributed by atoms with Crippen LogP contribution in [-0.2, 0) is 4.74 Å². The molecule has 0 aromatic heterocycles. The van der Waals surface area contributed by atoms with E-state index in [-0.39, 0.29) is 18.1 Å². The summed E-state index contributed by atoms with van der Waals surface area (Å²) in [6.45, 7) is 12.8. The van der Waals surface area contributed by atoms with Crippen LogP contribution >= 0.6 is 0 Å². The number of carbonyl (C=O) groups is 1. The highest BCUT2D eigenvalue weighted by molar-refractivity contribution is 5.68. The van der Waals surface area contributed by atoms with Crippen molar-refractivity contribution in [1.29, 1.82) is 0 Å². The molecule has 0 fully saturated rings. The topological polar surface area (TPSA) is 49.8 Å². The monoisotopic (exact) mass is 245 g/mol. The lowest BCUT2D eigenvalue weighted by Gasteiger charge is -2.29. The highest BCUT2D eigenvalue weighted by Crippen LogP contribution is 2.19. The molecule has 1 N–H and O–H groups in total. The Bertz CT molecular complexity index is 238. The van der Waals surface area contributed by atoms with E-state index >= 15 is 0 Å². The van der Waals surface area contributed by atoms with Crippen molar-refractivity contribution in [3.63, 3.8) is 0 Å². The van der Waals surface area contributed by atoms with Gasteiger partial charge in [-0.2, -0.15) is 0 Å². The maximum absolute atomic E-state index is 11.9. The Balaban J connectivity index is 4.36. The van der Waals surface area contributed by atoms with Crippen molar-refractivity contribution in [3.05, 3.63) is 0 Å². The molecule has 0 unspecified atom stereocenters. The summed E-state index contributed by atoms with van der Waals surface area (Å²) in [6, 6.07) is 0. The van der Waals surface area contributed by atoms with Crippen LogP contribution in [0, 0.1) is 5.41 Å². The molecular weight excluding hydrogens is 218 g/mol. The van der Waals surface area contributed by atoms with E-state index in [4.69, 9.17) is 9.84 Å². The fourth-order valence-electron chi connectivity index (χ4n) is 1.21. The number of hydrogen-bond acceptors (Lipinski definition) is 3. The molecule has 0 saturated carbocycles. The van der Waals surface area contributed by atoms with Crippen molar-refractivity contribution in [2.75, 3.05) is 19.7 Å². The zero-order valence-corrected chi connectivity index (χ0v) is 12.0. The van der Waals surface area contributed by atoms with Crippen LogP contribution in [0.1, 0.15) is 48.0 Å². The Morgan fingerprint density at radius 3 is 2.00 bits per heavy atom. The summed E-state index contributed by atoms with van der Waals surface area (Å²) >= 11 is 0. The van der Waals surface area contributed by atoms with E-state index < -0.39 is 5.60 Å². The third-order valence-electron chi connectivity index (χ3n) is 2.15. The molecule has 0 rings (SSSR count). The molecule has 0 aromatic rings. The molecule has 102 valence electrons. The molecule has 0 aliphatic rings. The van der Waals surface area contributed by atoms with E-state index in [0.717, 1.165) is 6.42 Å². The van der Waals surface area contributed by atoms with Gasteiger partial charge in [-0.1, -0.05) is 20.8 Å². The van der Waals surface area contributed by atoms with Crippen LogP contribution in [0.2, 0.25) is 0 Å². The number of nitrogens with zero attached hydrogens (tertiary/aromatic N) is 1. The van der Waals surface area contributed by atoms with E-state index in [1.165, 1.54) is 0 Å². The van der Waals surface area contributed by atoms with Crippen LogP contribution in [-0.4, -0.2) is 41.4 Å². The molecule has 0 aliphatic carbocycles. The number of ether oxygens (including phenoxy) is 1. The Labute approximate surface area is 105 Å². The smallest absolute Gasteiger partial charge is 0.410 e. The van der Waals surface area contributed by atoms with E-state index in [9.17, 15) is 4.79 Å². The maximum atomic E-state index is 11.9. The van der Waals surface area contributed by atoms with Gasteiger partial charge in [-0.15, -0.1) is 0 Å². The van der Waals surface area contributed by atoms with Crippen LogP contribution in [0.5, 0.6) is 0 Å².